The Morgan fingerprint density at radius 3 is 2.64 bits per heavy atom. The van der Waals surface area contributed by atoms with Crippen molar-refractivity contribution in [2.75, 3.05) is 6.61 Å². The molecule has 0 atom stereocenters. The fourth-order valence-corrected chi connectivity index (χ4v) is 1.55. The van der Waals surface area contributed by atoms with Crippen molar-refractivity contribution >= 4 is 0 Å². The summed E-state index contributed by atoms with van der Waals surface area (Å²) in [6.45, 7) is 3.90. The van der Waals surface area contributed by atoms with Gasteiger partial charge in [0, 0.05) is 20.5 Å². The van der Waals surface area contributed by atoms with Gasteiger partial charge in [-0.15, -0.1) is 0 Å². The second-order valence-electron chi connectivity index (χ2n) is 3.86. The summed E-state index contributed by atoms with van der Waals surface area (Å²) in [5.74, 6) is 0.970. The Bertz CT molecular complexity index is 344. The van der Waals surface area contributed by atoms with Gasteiger partial charge in [0.25, 0.3) is 0 Å². The van der Waals surface area contributed by atoms with Crippen LogP contribution in [0.25, 0.3) is 0 Å². The molecule has 0 amide bonds. The van der Waals surface area contributed by atoms with Crippen LogP contribution in [-0.2, 0) is 6.42 Å². The summed E-state index contributed by atoms with van der Waals surface area (Å²) < 4.78 is 11.1. The van der Waals surface area contributed by atoms with Gasteiger partial charge >= 0.3 is 0 Å². The number of rotatable bonds is 2. The molecule has 1 heterocycles. The molecule has 3 nitrogen and oxygen atoms in total. The topological polar surface area (TPSA) is 38.7 Å². The summed E-state index contributed by atoms with van der Waals surface area (Å²) in [5, 5.41) is 8.80. The highest BCUT2D eigenvalue weighted by atomic mass is 16.7. The minimum atomic E-state index is -0.569. The third-order valence-electron chi connectivity index (χ3n) is 2.12. The van der Waals surface area contributed by atoms with Gasteiger partial charge in [-0.3, -0.25) is 0 Å². The number of benzene rings is 1. The summed E-state index contributed by atoms with van der Waals surface area (Å²) in [6, 6.07) is 5.75. The number of fused-ring (bicyclic) bond motifs is 1. The number of aliphatic hydroxyl groups excluding tert-OH is 1. The lowest BCUT2D eigenvalue weighted by molar-refractivity contribution is -0.0431. The second-order valence-corrected chi connectivity index (χ2v) is 3.86. The molecule has 1 aliphatic heterocycles. The van der Waals surface area contributed by atoms with Gasteiger partial charge in [-0.2, -0.15) is 0 Å². The molecule has 0 aromatic heterocycles. The molecule has 0 saturated heterocycles. The van der Waals surface area contributed by atoms with E-state index in [4.69, 9.17) is 14.6 Å². The third-order valence-corrected chi connectivity index (χ3v) is 2.12. The highest BCUT2D eigenvalue weighted by molar-refractivity contribution is 5.45. The van der Waals surface area contributed by atoms with Crippen LogP contribution < -0.4 is 9.47 Å². The van der Waals surface area contributed by atoms with E-state index in [1.807, 2.05) is 32.0 Å². The minimum Gasteiger partial charge on any atom is -0.449 e. The van der Waals surface area contributed by atoms with Crippen molar-refractivity contribution in [1.82, 2.24) is 0 Å². The fraction of sp³-hybridized carbons (Fsp3) is 0.455. The number of aliphatic hydroxyl groups is 1. The van der Waals surface area contributed by atoms with Crippen LogP contribution in [0.4, 0.5) is 0 Å². The van der Waals surface area contributed by atoms with Gasteiger partial charge in [0.05, 0.1) is 0 Å². The maximum absolute atomic E-state index is 8.80. The predicted molar refractivity (Wildman–Crippen MR) is 52.6 cm³/mol. The van der Waals surface area contributed by atoms with E-state index in [0.29, 0.717) is 6.42 Å². The number of hydrogen-bond donors (Lipinski definition) is 1. The SMILES string of the molecule is CC1(C)Oc2ccc(CCO)cc2O1. The molecule has 0 aliphatic carbocycles. The van der Waals surface area contributed by atoms with Crippen molar-refractivity contribution in [2.45, 2.75) is 26.1 Å². The zero-order valence-corrected chi connectivity index (χ0v) is 8.41. The van der Waals surface area contributed by atoms with Gasteiger partial charge < -0.3 is 14.6 Å². The van der Waals surface area contributed by atoms with Crippen molar-refractivity contribution in [2.24, 2.45) is 0 Å². The molecule has 76 valence electrons. The summed E-state index contributed by atoms with van der Waals surface area (Å²) in [4.78, 5) is 0. The van der Waals surface area contributed by atoms with Gasteiger partial charge in [-0.05, 0) is 24.1 Å². The Balaban J connectivity index is 2.26. The Morgan fingerprint density at radius 2 is 1.93 bits per heavy atom. The van der Waals surface area contributed by atoms with Crippen LogP contribution in [0.15, 0.2) is 18.2 Å². The van der Waals surface area contributed by atoms with E-state index in [9.17, 15) is 0 Å². The summed E-state index contributed by atoms with van der Waals surface area (Å²) >= 11 is 0. The lowest BCUT2D eigenvalue weighted by Gasteiger charge is -2.16. The fourth-order valence-electron chi connectivity index (χ4n) is 1.55. The Kier molecular flexibility index (Phi) is 2.11. The van der Waals surface area contributed by atoms with E-state index in [0.717, 1.165) is 17.1 Å². The van der Waals surface area contributed by atoms with Crippen molar-refractivity contribution < 1.29 is 14.6 Å². The highest BCUT2D eigenvalue weighted by Gasteiger charge is 2.31. The van der Waals surface area contributed by atoms with Crippen molar-refractivity contribution in [3.8, 4) is 11.5 Å². The first kappa shape index (κ1) is 9.34. The molecule has 0 spiro atoms. The highest BCUT2D eigenvalue weighted by Crippen LogP contribution is 2.39. The minimum absolute atomic E-state index is 0.156. The first-order valence-corrected chi connectivity index (χ1v) is 4.72. The lowest BCUT2D eigenvalue weighted by atomic mass is 10.1. The maximum Gasteiger partial charge on any atom is 0.246 e. The van der Waals surface area contributed by atoms with Crippen LogP contribution in [0.5, 0.6) is 11.5 Å². The molecular formula is C11H14O3. The molecule has 0 fully saturated rings. The van der Waals surface area contributed by atoms with Crippen LogP contribution in [-0.4, -0.2) is 17.5 Å². The molecular weight excluding hydrogens is 180 g/mol. The molecule has 0 radical (unpaired) electrons. The monoisotopic (exact) mass is 194 g/mol. The summed E-state index contributed by atoms with van der Waals surface area (Å²) in [5.41, 5.74) is 1.06. The van der Waals surface area contributed by atoms with Gasteiger partial charge in [0.1, 0.15) is 0 Å². The third kappa shape index (κ3) is 1.68. The van der Waals surface area contributed by atoms with E-state index in [-0.39, 0.29) is 6.61 Å². The normalized spacial score (nSPS) is 17.1. The maximum atomic E-state index is 8.80. The van der Waals surface area contributed by atoms with Crippen molar-refractivity contribution in [3.63, 3.8) is 0 Å². The van der Waals surface area contributed by atoms with Gasteiger partial charge in [0.15, 0.2) is 11.5 Å². The molecule has 0 bridgehead atoms. The lowest BCUT2D eigenvalue weighted by Crippen LogP contribution is -2.29. The number of ether oxygens (including phenoxy) is 2. The van der Waals surface area contributed by atoms with Crippen LogP contribution >= 0.6 is 0 Å². The first-order chi connectivity index (χ1) is 6.61. The molecule has 0 unspecified atom stereocenters. The quantitative estimate of drug-likeness (QED) is 0.779. The molecule has 1 aromatic rings. The van der Waals surface area contributed by atoms with Gasteiger partial charge in [-0.1, -0.05) is 6.07 Å². The van der Waals surface area contributed by atoms with E-state index in [2.05, 4.69) is 0 Å². The summed E-state index contributed by atoms with van der Waals surface area (Å²) in [7, 11) is 0. The van der Waals surface area contributed by atoms with Crippen molar-refractivity contribution in [1.29, 1.82) is 0 Å². The van der Waals surface area contributed by atoms with Gasteiger partial charge in [0.2, 0.25) is 5.79 Å². The molecule has 3 heteroatoms. The standard InChI is InChI=1S/C11H14O3/c1-11(2)13-9-4-3-8(5-6-12)7-10(9)14-11/h3-4,7,12H,5-6H2,1-2H3. The molecule has 1 N–H and O–H groups in total. The van der Waals surface area contributed by atoms with Crippen LogP contribution in [0, 0.1) is 0 Å². The number of hydrogen-bond acceptors (Lipinski definition) is 3. The van der Waals surface area contributed by atoms with E-state index >= 15 is 0 Å². The molecule has 0 saturated carbocycles. The summed E-state index contributed by atoms with van der Waals surface area (Å²) in [6.07, 6.45) is 0.650. The van der Waals surface area contributed by atoms with Crippen molar-refractivity contribution in [3.05, 3.63) is 23.8 Å². The van der Waals surface area contributed by atoms with Crippen LogP contribution in [0.2, 0.25) is 0 Å². The largest absolute Gasteiger partial charge is 0.449 e. The Morgan fingerprint density at radius 1 is 1.21 bits per heavy atom. The van der Waals surface area contributed by atoms with E-state index < -0.39 is 5.79 Å². The molecule has 14 heavy (non-hydrogen) atoms. The van der Waals surface area contributed by atoms with E-state index in [1.54, 1.807) is 0 Å². The van der Waals surface area contributed by atoms with Crippen LogP contribution in [0.3, 0.4) is 0 Å². The molecule has 1 aliphatic rings. The average Bonchev–Trinajstić information content (AvgIpc) is 2.38. The zero-order chi connectivity index (χ0) is 10.2. The Labute approximate surface area is 83.3 Å². The van der Waals surface area contributed by atoms with Gasteiger partial charge in [-0.25, -0.2) is 0 Å². The van der Waals surface area contributed by atoms with Crippen LogP contribution in [0.1, 0.15) is 19.4 Å². The first-order valence-electron chi connectivity index (χ1n) is 4.72. The smallest absolute Gasteiger partial charge is 0.246 e. The predicted octanol–water partition coefficient (Wildman–Crippen LogP) is 1.73. The van der Waals surface area contributed by atoms with E-state index in [1.165, 1.54) is 0 Å². The zero-order valence-electron chi connectivity index (χ0n) is 8.41. The second kappa shape index (κ2) is 3.17. The molecule has 1 aromatic carbocycles. The Hall–Kier alpha value is -1.22. The average molecular weight is 194 g/mol. The molecule has 2 rings (SSSR count).